The lowest BCUT2D eigenvalue weighted by atomic mass is 9.41. The van der Waals surface area contributed by atoms with Crippen LogP contribution in [0.2, 0.25) is 0 Å². The maximum absolute atomic E-state index is 12.7. The Morgan fingerprint density at radius 3 is 2.33 bits per heavy atom. The summed E-state index contributed by atoms with van der Waals surface area (Å²) in [6.07, 6.45) is 6.31. The van der Waals surface area contributed by atoms with E-state index in [1.165, 1.54) is 12.1 Å². The van der Waals surface area contributed by atoms with Crippen LogP contribution in [0.1, 0.15) is 86.0 Å². The second-order valence-electron chi connectivity index (χ2n) is 14.2. The molecule has 3 N–H and O–H groups in total. The highest BCUT2D eigenvalue weighted by atomic mass is 32.2. The van der Waals surface area contributed by atoms with Crippen molar-refractivity contribution >= 4 is 16.1 Å². The summed E-state index contributed by atoms with van der Waals surface area (Å²) >= 11 is 0. The van der Waals surface area contributed by atoms with Gasteiger partial charge in [0.1, 0.15) is 5.75 Å². The van der Waals surface area contributed by atoms with Crippen LogP contribution in [0.15, 0.2) is 29.2 Å². The lowest BCUT2D eigenvalue weighted by molar-refractivity contribution is -0.203. The lowest BCUT2D eigenvalue weighted by Crippen LogP contribution is -2.62. The highest BCUT2D eigenvalue weighted by molar-refractivity contribution is 7.90. The zero-order chi connectivity index (χ0) is 30.4. The van der Waals surface area contributed by atoms with E-state index in [0.717, 1.165) is 51.4 Å². The number of carbonyl (C=O) groups is 1. The Labute approximate surface area is 252 Å². The second kappa shape index (κ2) is 11.9. The van der Waals surface area contributed by atoms with Crippen molar-refractivity contribution < 1.29 is 32.9 Å². The van der Waals surface area contributed by atoms with Crippen LogP contribution in [0, 0.1) is 52.3 Å². The lowest BCUT2D eigenvalue weighted by Gasteiger charge is -2.64. The number of nitrogens with one attached hydrogen (secondary N) is 1. The molecule has 236 valence electrons. The standard InChI is InChI=1S/C33H51NO7S/c1-6-24-28-18-21(35)14-16-33(28,5)27-15-17-32(4)25(12-13-26(32)29(27)30(24)36)20(3)19-41-31(37)34-42(38,39)23-10-8-22(9-11-23)40-7-2/h8-11,20-21,24-30,35-36H,6-7,12-19H2,1-5H3,(H,34,37)/t20-,21-,24-,25-,26+,27+,28+,29+,30-,32-,33-/m1/s1. The van der Waals surface area contributed by atoms with Gasteiger partial charge in [-0.1, -0.05) is 34.1 Å². The van der Waals surface area contributed by atoms with Crippen LogP contribution in [-0.2, 0) is 14.8 Å². The minimum Gasteiger partial charge on any atom is -0.494 e. The number of ether oxygens (including phenoxy) is 2. The Kier molecular flexibility index (Phi) is 8.96. The molecule has 0 unspecified atom stereocenters. The fourth-order valence-electron chi connectivity index (χ4n) is 10.3. The van der Waals surface area contributed by atoms with Crippen LogP contribution in [0.5, 0.6) is 5.75 Å². The second-order valence-corrected chi connectivity index (χ2v) is 15.9. The molecule has 42 heavy (non-hydrogen) atoms. The van der Waals surface area contributed by atoms with Crippen LogP contribution in [-0.4, -0.2) is 50.1 Å². The maximum Gasteiger partial charge on any atom is 0.421 e. The third-order valence-electron chi connectivity index (χ3n) is 12.3. The normalized spacial score (nSPS) is 40.3. The zero-order valence-electron chi connectivity index (χ0n) is 25.9. The first-order valence-corrected chi connectivity index (χ1v) is 17.6. The number of benzene rings is 1. The molecule has 9 heteroatoms. The molecule has 0 radical (unpaired) electrons. The Bertz CT molecular complexity index is 1220. The van der Waals surface area contributed by atoms with Crippen molar-refractivity contribution in [3.8, 4) is 5.75 Å². The highest BCUT2D eigenvalue weighted by Gasteiger charge is 2.64. The number of rotatable bonds is 8. The summed E-state index contributed by atoms with van der Waals surface area (Å²) in [6.45, 7) is 11.6. The smallest absolute Gasteiger partial charge is 0.421 e. The number of sulfonamides is 1. The quantitative estimate of drug-likeness (QED) is 0.344. The first-order valence-electron chi connectivity index (χ1n) is 16.1. The monoisotopic (exact) mass is 605 g/mol. The predicted molar refractivity (Wildman–Crippen MR) is 160 cm³/mol. The SMILES string of the molecule is CCOc1ccc(S(=O)(=O)NC(=O)OC[C@@H](C)[C@H]2CC[C@H]3[C@@H]4[C@H](O)[C@H](CC)[C@@H]5C[C@H](O)CC[C@]5(C)[C@H]4CC[C@]23C)cc1. The third-order valence-corrected chi connectivity index (χ3v) is 13.6. The van der Waals surface area contributed by atoms with E-state index in [9.17, 15) is 23.4 Å². The average molecular weight is 606 g/mol. The van der Waals surface area contributed by atoms with E-state index in [0.29, 0.717) is 36.0 Å². The van der Waals surface area contributed by atoms with Crippen molar-refractivity contribution in [3.63, 3.8) is 0 Å². The molecule has 0 aliphatic heterocycles. The van der Waals surface area contributed by atoms with E-state index >= 15 is 0 Å². The fraction of sp³-hybridized carbons (Fsp3) is 0.788. The van der Waals surface area contributed by atoms with Gasteiger partial charge in [0.2, 0.25) is 0 Å². The van der Waals surface area contributed by atoms with E-state index in [1.807, 2.05) is 11.6 Å². The molecule has 1 aromatic rings. The van der Waals surface area contributed by atoms with Gasteiger partial charge >= 0.3 is 6.09 Å². The zero-order valence-corrected chi connectivity index (χ0v) is 26.7. The van der Waals surface area contributed by atoms with Gasteiger partial charge in [0, 0.05) is 0 Å². The number of fused-ring (bicyclic) bond motifs is 5. The van der Waals surface area contributed by atoms with Crippen molar-refractivity contribution in [1.82, 2.24) is 4.72 Å². The molecular formula is C33H51NO7S. The van der Waals surface area contributed by atoms with E-state index < -0.39 is 16.1 Å². The van der Waals surface area contributed by atoms with E-state index in [4.69, 9.17) is 9.47 Å². The molecule has 0 heterocycles. The summed E-state index contributed by atoms with van der Waals surface area (Å²) in [6, 6.07) is 5.92. The van der Waals surface area contributed by atoms with Gasteiger partial charge in [-0.2, -0.15) is 0 Å². The van der Waals surface area contributed by atoms with Crippen molar-refractivity contribution in [3.05, 3.63) is 24.3 Å². The number of aliphatic hydroxyl groups is 2. The molecule has 5 rings (SSSR count). The molecular weight excluding hydrogens is 554 g/mol. The fourth-order valence-corrected chi connectivity index (χ4v) is 11.2. The minimum atomic E-state index is -4.06. The largest absolute Gasteiger partial charge is 0.494 e. The number of hydrogen-bond acceptors (Lipinski definition) is 7. The van der Waals surface area contributed by atoms with Crippen LogP contribution >= 0.6 is 0 Å². The number of carbonyl (C=O) groups excluding carboxylic acids is 1. The van der Waals surface area contributed by atoms with Gasteiger partial charge in [-0.05, 0) is 128 Å². The van der Waals surface area contributed by atoms with Crippen molar-refractivity contribution in [2.24, 2.45) is 52.3 Å². The molecule has 0 spiro atoms. The molecule has 4 fully saturated rings. The number of hydrogen-bond donors (Lipinski definition) is 3. The van der Waals surface area contributed by atoms with Crippen molar-refractivity contribution in [2.75, 3.05) is 13.2 Å². The predicted octanol–water partition coefficient (Wildman–Crippen LogP) is 5.76. The van der Waals surface area contributed by atoms with E-state index in [-0.39, 0.29) is 52.3 Å². The van der Waals surface area contributed by atoms with Crippen LogP contribution in [0.25, 0.3) is 0 Å². The summed E-state index contributed by atoms with van der Waals surface area (Å²) < 4.78 is 38.3. The van der Waals surface area contributed by atoms with E-state index in [1.54, 1.807) is 12.1 Å². The minimum absolute atomic E-state index is 0.0290. The molecule has 4 aliphatic rings. The summed E-state index contributed by atoms with van der Waals surface area (Å²) in [5.41, 5.74) is 0.191. The number of aliphatic hydroxyl groups excluding tert-OH is 2. The average Bonchev–Trinajstić information content (AvgIpc) is 3.30. The molecule has 11 atom stereocenters. The summed E-state index contributed by atoms with van der Waals surface area (Å²) in [4.78, 5) is 12.6. The third kappa shape index (κ3) is 5.47. The summed E-state index contributed by atoms with van der Waals surface area (Å²) in [5.74, 6) is 2.66. The molecule has 0 saturated heterocycles. The molecule has 8 nitrogen and oxygen atoms in total. The van der Waals surface area contributed by atoms with Crippen LogP contribution in [0.3, 0.4) is 0 Å². The van der Waals surface area contributed by atoms with Gasteiger partial charge in [0.25, 0.3) is 10.0 Å². The van der Waals surface area contributed by atoms with Crippen LogP contribution < -0.4 is 9.46 Å². The molecule has 0 aromatic heterocycles. The molecule has 1 aromatic carbocycles. The molecule has 4 saturated carbocycles. The van der Waals surface area contributed by atoms with Gasteiger partial charge < -0.3 is 19.7 Å². The molecule has 0 bridgehead atoms. The van der Waals surface area contributed by atoms with Gasteiger partial charge in [-0.3, -0.25) is 0 Å². The maximum atomic E-state index is 12.7. The Hall–Kier alpha value is -1.84. The van der Waals surface area contributed by atoms with Crippen LogP contribution in [0.4, 0.5) is 4.79 Å². The van der Waals surface area contributed by atoms with Gasteiger partial charge in [0.15, 0.2) is 0 Å². The number of amides is 1. The van der Waals surface area contributed by atoms with Gasteiger partial charge in [-0.15, -0.1) is 0 Å². The van der Waals surface area contributed by atoms with Gasteiger partial charge in [-0.25, -0.2) is 17.9 Å². The Morgan fingerprint density at radius 1 is 1.00 bits per heavy atom. The first kappa shape index (κ1) is 31.6. The van der Waals surface area contributed by atoms with E-state index in [2.05, 4.69) is 27.7 Å². The van der Waals surface area contributed by atoms with Crippen molar-refractivity contribution in [2.45, 2.75) is 103 Å². The first-order chi connectivity index (χ1) is 19.9. The summed E-state index contributed by atoms with van der Waals surface area (Å²) in [5, 5.41) is 22.4. The van der Waals surface area contributed by atoms with Gasteiger partial charge in [0.05, 0.1) is 30.3 Å². The Morgan fingerprint density at radius 2 is 1.67 bits per heavy atom. The Balaban J connectivity index is 1.24. The molecule has 1 amide bonds. The van der Waals surface area contributed by atoms with Crippen molar-refractivity contribution in [1.29, 1.82) is 0 Å². The summed E-state index contributed by atoms with van der Waals surface area (Å²) in [7, 11) is -4.06. The topological polar surface area (TPSA) is 122 Å². The molecule has 4 aliphatic carbocycles. The highest BCUT2D eigenvalue weighted by Crippen LogP contribution is 2.69.